The van der Waals surface area contributed by atoms with E-state index in [2.05, 4.69) is 16.6 Å². The van der Waals surface area contributed by atoms with Gasteiger partial charge in [-0.05, 0) is 12.1 Å². The maximum atomic E-state index is 13.4. The fraction of sp³-hybridized carbons (Fsp3) is 0.333. The van der Waals surface area contributed by atoms with E-state index >= 15 is 0 Å². The van der Waals surface area contributed by atoms with Crippen LogP contribution < -0.4 is 10.5 Å². The molecule has 0 bridgehead atoms. The van der Waals surface area contributed by atoms with Crippen molar-refractivity contribution in [3.63, 3.8) is 0 Å². The van der Waals surface area contributed by atoms with Crippen LogP contribution in [0.4, 0.5) is 17.6 Å². The molecule has 2 N–H and O–H groups in total. The average molecular weight is 277 g/mol. The second-order valence-corrected chi connectivity index (χ2v) is 3.29. The van der Waals surface area contributed by atoms with Crippen LogP contribution in [0.1, 0.15) is 5.56 Å². The Hall–Kier alpha value is -1.78. The summed E-state index contributed by atoms with van der Waals surface area (Å²) in [6.07, 6.45) is -4.70. The molecule has 1 aromatic rings. The Morgan fingerprint density at radius 1 is 1.21 bits per heavy atom. The number of ether oxygens (including phenoxy) is 2. The third-order valence-corrected chi connectivity index (χ3v) is 1.88. The van der Waals surface area contributed by atoms with Crippen molar-refractivity contribution in [1.29, 1.82) is 0 Å². The predicted octanol–water partition coefficient (Wildman–Crippen LogP) is 2.05. The lowest BCUT2D eigenvalue weighted by atomic mass is 10.2. The van der Waals surface area contributed by atoms with E-state index in [9.17, 15) is 17.6 Å². The van der Waals surface area contributed by atoms with Crippen LogP contribution >= 0.6 is 0 Å². The molecule has 0 aliphatic carbocycles. The number of alkyl halides is 3. The van der Waals surface area contributed by atoms with Crippen LogP contribution in [-0.4, -0.2) is 26.1 Å². The van der Waals surface area contributed by atoms with E-state index in [1.807, 2.05) is 0 Å². The third kappa shape index (κ3) is 6.08. The average Bonchev–Trinajstić information content (AvgIpc) is 2.32. The van der Waals surface area contributed by atoms with Crippen molar-refractivity contribution in [3.8, 4) is 17.6 Å². The summed E-state index contributed by atoms with van der Waals surface area (Å²) in [6.45, 7) is -0.904. The van der Waals surface area contributed by atoms with Gasteiger partial charge in [0.1, 0.15) is 18.2 Å². The van der Waals surface area contributed by atoms with E-state index in [-0.39, 0.29) is 24.5 Å². The Morgan fingerprint density at radius 3 is 2.53 bits per heavy atom. The number of hydrogen-bond donors (Lipinski definition) is 1. The SMILES string of the molecule is NCC#Cc1ccc(OCCOC(F)(F)F)cc1F. The first-order chi connectivity index (χ1) is 8.92. The molecule has 1 rings (SSSR count). The van der Waals surface area contributed by atoms with Gasteiger partial charge in [0.05, 0.1) is 18.7 Å². The zero-order chi connectivity index (χ0) is 14.3. The van der Waals surface area contributed by atoms with Gasteiger partial charge in [0, 0.05) is 6.07 Å². The van der Waals surface area contributed by atoms with Gasteiger partial charge in [-0.15, -0.1) is 13.2 Å². The summed E-state index contributed by atoms with van der Waals surface area (Å²) in [7, 11) is 0. The van der Waals surface area contributed by atoms with Crippen molar-refractivity contribution >= 4 is 0 Å². The summed E-state index contributed by atoms with van der Waals surface area (Å²) in [5.41, 5.74) is 5.29. The molecule has 0 saturated carbocycles. The monoisotopic (exact) mass is 277 g/mol. The molecule has 0 amide bonds. The normalized spacial score (nSPS) is 10.8. The smallest absolute Gasteiger partial charge is 0.491 e. The van der Waals surface area contributed by atoms with Gasteiger partial charge in [0.15, 0.2) is 0 Å². The predicted molar refractivity (Wildman–Crippen MR) is 59.8 cm³/mol. The van der Waals surface area contributed by atoms with E-state index in [1.165, 1.54) is 12.1 Å². The third-order valence-electron chi connectivity index (χ3n) is 1.88. The van der Waals surface area contributed by atoms with Crippen LogP contribution in [0.25, 0.3) is 0 Å². The summed E-state index contributed by atoms with van der Waals surface area (Å²) in [4.78, 5) is 0. The molecule has 0 aliphatic rings. The number of nitrogens with two attached hydrogens (primary N) is 1. The zero-order valence-electron chi connectivity index (χ0n) is 9.76. The first-order valence-electron chi connectivity index (χ1n) is 5.24. The van der Waals surface area contributed by atoms with E-state index in [0.29, 0.717) is 0 Å². The molecule has 0 saturated heterocycles. The van der Waals surface area contributed by atoms with Gasteiger partial charge in [-0.3, -0.25) is 4.74 Å². The van der Waals surface area contributed by atoms with E-state index < -0.39 is 18.8 Å². The molecule has 7 heteroatoms. The first-order valence-corrected chi connectivity index (χ1v) is 5.24. The quantitative estimate of drug-likeness (QED) is 0.520. The van der Waals surface area contributed by atoms with Gasteiger partial charge in [0.2, 0.25) is 0 Å². The molecule has 0 heterocycles. The van der Waals surface area contributed by atoms with Crippen LogP contribution in [0.2, 0.25) is 0 Å². The Kier molecular flexibility index (Phi) is 5.60. The Balaban J connectivity index is 2.50. The van der Waals surface area contributed by atoms with Crippen molar-refractivity contribution in [1.82, 2.24) is 0 Å². The number of hydrogen-bond acceptors (Lipinski definition) is 3. The second-order valence-electron chi connectivity index (χ2n) is 3.29. The van der Waals surface area contributed by atoms with E-state index in [4.69, 9.17) is 10.5 Å². The maximum Gasteiger partial charge on any atom is 0.522 e. The second kappa shape index (κ2) is 6.97. The summed E-state index contributed by atoms with van der Waals surface area (Å²) in [5.74, 6) is 4.46. The Morgan fingerprint density at radius 2 is 1.95 bits per heavy atom. The van der Waals surface area contributed by atoms with Crippen molar-refractivity contribution < 1.29 is 27.0 Å². The highest BCUT2D eigenvalue weighted by Gasteiger charge is 2.28. The van der Waals surface area contributed by atoms with Crippen LogP contribution in [0.15, 0.2) is 18.2 Å². The molecule has 0 aliphatic heterocycles. The molecule has 0 aromatic heterocycles. The van der Waals surface area contributed by atoms with Crippen LogP contribution in [0.5, 0.6) is 5.75 Å². The highest BCUT2D eigenvalue weighted by atomic mass is 19.4. The minimum absolute atomic E-state index is 0.0987. The van der Waals surface area contributed by atoms with Gasteiger partial charge >= 0.3 is 6.36 Å². The lowest BCUT2D eigenvalue weighted by Gasteiger charge is -2.09. The van der Waals surface area contributed by atoms with Gasteiger partial charge in [0.25, 0.3) is 0 Å². The molecule has 19 heavy (non-hydrogen) atoms. The van der Waals surface area contributed by atoms with E-state index in [1.54, 1.807) is 0 Å². The number of benzene rings is 1. The maximum absolute atomic E-state index is 13.4. The Labute approximate surface area is 107 Å². The fourth-order valence-corrected chi connectivity index (χ4v) is 1.15. The van der Waals surface area contributed by atoms with Crippen LogP contribution in [0, 0.1) is 17.7 Å². The molecular formula is C12H11F4NO2. The molecule has 1 aromatic carbocycles. The summed E-state index contributed by atoms with van der Waals surface area (Å²) < 4.78 is 56.8. The highest BCUT2D eigenvalue weighted by Crippen LogP contribution is 2.18. The van der Waals surface area contributed by atoms with Crippen molar-refractivity contribution in [2.45, 2.75) is 6.36 Å². The molecule has 0 fully saturated rings. The lowest BCUT2D eigenvalue weighted by molar-refractivity contribution is -0.325. The van der Waals surface area contributed by atoms with Gasteiger partial charge in [-0.25, -0.2) is 4.39 Å². The molecule has 0 radical (unpaired) electrons. The van der Waals surface area contributed by atoms with Crippen molar-refractivity contribution in [2.24, 2.45) is 5.73 Å². The minimum Gasteiger partial charge on any atom is -0.491 e. The standard InChI is InChI=1S/C12H11F4NO2/c13-11-8-10(4-3-9(11)2-1-5-17)18-6-7-19-12(14,15)16/h3-4,8H,5-7,17H2. The van der Waals surface area contributed by atoms with Crippen molar-refractivity contribution in [2.75, 3.05) is 19.8 Å². The zero-order valence-corrected chi connectivity index (χ0v) is 9.76. The fourth-order valence-electron chi connectivity index (χ4n) is 1.15. The van der Waals surface area contributed by atoms with Crippen LogP contribution in [0.3, 0.4) is 0 Å². The summed E-state index contributed by atoms with van der Waals surface area (Å²) in [6, 6.07) is 3.79. The summed E-state index contributed by atoms with van der Waals surface area (Å²) >= 11 is 0. The lowest BCUT2D eigenvalue weighted by Crippen LogP contribution is -2.18. The topological polar surface area (TPSA) is 44.5 Å². The molecule has 104 valence electrons. The molecule has 0 spiro atoms. The minimum atomic E-state index is -4.70. The molecule has 0 atom stereocenters. The molecular weight excluding hydrogens is 266 g/mol. The van der Waals surface area contributed by atoms with Gasteiger partial charge in [-0.2, -0.15) is 0 Å². The van der Waals surface area contributed by atoms with Gasteiger partial charge in [-0.1, -0.05) is 11.8 Å². The van der Waals surface area contributed by atoms with Crippen LogP contribution in [-0.2, 0) is 4.74 Å². The number of halogens is 4. The molecule has 0 unspecified atom stereocenters. The van der Waals surface area contributed by atoms with E-state index in [0.717, 1.165) is 6.07 Å². The highest BCUT2D eigenvalue weighted by molar-refractivity contribution is 5.39. The van der Waals surface area contributed by atoms with Gasteiger partial charge < -0.3 is 10.5 Å². The summed E-state index contributed by atoms with van der Waals surface area (Å²) in [5, 5.41) is 0. The van der Waals surface area contributed by atoms with Crippen molar-refractivity contribution in [3.05, 3.63) is 29.6 Å². The largest absolute Gasteiger partial charge is 0.522 e. The first kappa shape index (κ1) is 15.3. The Bertz CT molecular complexity index is 477. The molecule has 3 nitrogen and oxygen atoms in total. The number of rotatable bonds is 4.